The standard InChI is InChI=1S/C25H28N4O3/c30-23(17-9-10-21-22(13-17)32-16-31-21)29-12-11-25(15-29)24(27-19-6-2-3-7-19)28-20-8-4-1-5-18(20)14-26-25/h1,4-5,8-10,13,19,26H,2-3,6-7,11-12,14-16H2,(H,27,28). The van der Waals surface area contributed by atoms with Gasteiger partial charge in [0, 0.05) is 30.9 Å². The number of likely N-dealkylation sites (tertiary alicyclic amines) is 1. The summed E-state index contributed by atoms with van der Waals surface area (Å²) in [6.07, 6.45) is 5.60. The molecule has 1 unspecified atom stereocenters. The maximum atomic E-state index is 13.4. The summed E-state index contributed by atoms with van der Waals surface area (Å²) in [5.74, 6) is 2.33. The molecule has 0 radical (unpaired) electrons. The number of nitrogens with zero attached hydrogens (tertiary/aromatic N) is 2. The number of hydrogen-bond acceptors (Lipinski definition) is 5. The van der Waals surface area contributed by atoms with Gasteiger partial charge in [-0.3, -0.25) is 15.1 Å². The SMILES string of the molecule is O=C(c1ccc2c(c1)OCO2)N1CCC2(C1)NCc1ccccc1NC2=NC1CCCC1. The maximum absolute atomic E-state index is 13.4. The second-order valence-electron chi connectivity index (χ2n) is 9.18. The lowest BCUT2D eigenvalue weighted by Gasteiger charge is -2.31. The Morgan fingerprint density at radius 3 is 2.84 bits per heavy atom. The van der Waals surface area contributed by atoms with Crippen LogP contribution in [0, 0.1) is 0 Å². The number of ether oxygens (including phenoxy) is 2. The Kier molecular flexibility index (Phi) is 4.79. The number of carbonyl (C=O) groups excluding carboxylic acids is 1. The average Bonchev–Trinajstić information content (AvgIpc) is 3.56. The lowest BCUT2D eigenvalue weighted by molar-refractivity contribution is 0.0785. The molecule has 2 aromatic carbocycles. The van der Waals surface area contributed by atoms with Crippen molar-refractivity contribution in [1.82, 2.24) is 10.2 Å². The van der Waals surface area contributed by atoms with Crippen molar-refractivity contribution in [2.24, 2.45) is 4.99 Å². The number of nitrogens with one attached hydrogen (secondary N) is 2. The first-order valence-electron chi connectivity index (χ1n) is 11.6. The summed E-state index contributed by atoms with van der Waals surface area (Å²) in [6.45, 7) is 2.23. The molecule has 1 aliphatic carbocycles. The third-order valence-electron chi connectivity index (χ3n) is 7.15. The fourth-order valence-electron chi connectivity index (χ4n) is 5.30. The van der Waals surface area contributed by atoms with Crippen LogP contribution in [-0.4, -0.2) is 48.1 Å². The number of hydrogen-bond donors (Lipinski definition) is 2. The number of para-hydroxylation sites is 1. The van der Waals surface area contributed by atoms with E-state index >= 15 is 0 Å². The fraction of sp³-hybridized carbons (Fsp3) is 0.440. The smallest absolute Gasteiger partial charge is 0.254 e. The summed E-state index contributed by atoms with van der Waals surface area (Å²) < 4.78 is 10.9. The molecule has 32 heavy (non-hydrogen) atoms. The molecular formula is C25H28N4O3. The van der Waals surface area contributed by atoms with E-state index in [4.69, 9.17) is 14.5 Å². The minimum atomic E-state index is -0.367. The molecule has 166 valence electrons. The summed E-state index contributed by atoms with van der Waals surface area (Å²) in [5.41, 5.74) is 2.59. The van der Waals surface area contributed by atoms with Crippen LogP contribution in [-0.2, 0) is 6.54 Å². The van der Waals surface area contributed by atoms with Crippen LogP contribution in [0.4, 0.5) is 5.69 Å². The van der Waals surface area contributed by atoms with E-state index in [2.05, 4.69) is 34.9 Å². The molecule has 1 saturated carbocycles. The molecule has 1 saturated heterocycles. The third kappa shape index (κ3) is 3.41. The first-order chi connectivity index (χ1) is 15.7. The normalized spacial score (nSPS) is 25.8. The number of rotatable bonds is 2. The largest absolute Gasteiger partial charge is 0.454 e. The van der Waals surface area contributed by atoms with Gasteiger partial charge in [-0.1, -0.05) is 31.0 Å². The average molecular weight is 433 g/mol. The highest BCUT2D eigenvalue weighted by Gasteiger charge is 2.46. The van der Waals surface area contributed by atoms with Gasteiger partial charge in [-0.2, -0.15) is 0 Å². The molecule has 7 nitrogen and oxygen atoms in total. The van der Waals surface area contributed by atoms with E-state index < -0.39 is 0 Å². The van der Waals surface area contributed by atoms with Crippen molar-refractivity contribution >= 4 is 17.4 Å². The first-order valence-corrected chi connectivity index (χ1v) is 11.6. The second-order valence-corrected chi connectivity index (χ2v) is 9.18. The minimum Gasteiger partial charge on any atom is -0.454 e. The van der Waals surface area contributed by atoms with E-state index in [1.54, 1.807) is 6.07 Å². The molecule has 2 N–H and O–H groups in total. The van der Waals surface area contributed by atoms with Gasteiger partial charge in [0.25, 0.3) is 5.91 Å². The van der Waals surface area contributed by atoms with Crippen molar-refractivity contribution in [3.63, 3.8) is 0 Å². The molecule has 2 aromatic rings. The Labute approximate surface area is 187 Å². The highest BCUT2D eigenvalue weighted by atomic mass is 16.7. The molecular weight excluding hydrogens is 404 g/mol. The molecule has 0 bridgehead atoms. The van der Waals surface area contributed by atoms with E-state index in [9.17, 15) is 4.79 Å². The number of amidine groups is 1. The summed E-state index contributed by atoms with van der Waals surface area (Å²) in [7, 11) is 0. The zero-order valence-corrected chi connectivity index (χ0v) is 18.1. The Bertz CT molecular complexity index is 1080. The highest BCUT2D eigenvalue weighted by molar-refractivity contribution is 6.05. The van der Waals surface area contributed by atoms with Crippen LogP contribution in [0.1, 0.15) is 48.0 Å². The molecule has 3 aliphatic heterocycles. The van der Waals surface area contributed by atoms with Crippen molar-refractivity contribution in [3.8, 4) is 11.5 Å². The Morgan fingerprint density at radius 1 is 1.09 bits per heavy atom. The zero-order valence-electron chi connectivity index (χ0n) is 18.1. The van der Waals surface area contributed by atoms with Crippen LogP contribution in [0.3, 0.4) is 0 Å². The van der Waals surface area contributed by atoms with Gasteiger partial charge in [-0.05, 0) is 49.1 Å². The van der Waals surface area contributed by atoms with Crippen molar-refractivity contribution in [3.05, 3.63) is 53.6 Å². The van der Waals surface area contributed by atoms with Crippen LogP contribution in [0.5, 0.6) is 11.5 Å². The van der Waals surface area contributed by atoms with Gasteiger partial charge in [0.2, 0.25) is 6.79 Å². The predicted molar refractivity (Wildman–Crippen MR) is 122 cm³/mol. The number of benzene rings is 2. The maximum Gasteiger partial charge on any atom is 0.254 e. The van der Waals surface area contributed by atoms with Gasteiger partial charge >= 0.3 is 0 Å². The summed E-state index contributed by atoms with van der Waals surface area (Å²) in [6, 6.07) is 14.2. The van der Waals surface area contributed by atoms with Crippen molar-refractivity contribution in [2.75, 3.05) is 25.2 Å². The molecule has 4 aliphatic rings. The lowest BCUT2D eigenvalue weighted by Crippen LogP contribution is -2.55. The monoisotopic (exact) mass is 432 g/mol. The molecule has 3 heterocycles. The summed E-state index contributed by atoms with van der Waals surface area (Å²) in [4.78, 5) is 20.5. The molecule has 2 fully saturated rings. The van der Waals surface area contributed by atoms with Gasteiger partial charge in [0.15, 0.2) is 11.5 Å². The lowest BCUT2D eigenvalue weighted by atomic mass is 9.96. The van der Waals surface area contributed by atoms with Crippen LogP contribution < -0.4 is 20.1 Å². The number of fused-ring (bicyclic) bond motifs is 2. The van der Waals surface area contributed by atoms with E-state index in [0.29, 0.717) is 36.2 Å². The zero-order chi connectivity index (χ0) is 21.5. The molecule has 7 heteroatoms. The van der Waals surface area contributed by atoms with Gasteiger partial charge < -0.3 is 19.7 Å². The van der Waals surface area contributed by atoms with Gasteiger partial charge in [0.05, 0.1) is 11.6 Å². The van der Waals surface area contributed by atoms with Gasteiger partial charge in [-0.25, -0.2) is 0 Å². The number of aliphatic imine (C=N–C) groups is 1. The van der Waals surface area contributed by atoms with Crippen molar-refractivity contribution in [2.45, 2.75) is 50.2 Å². The van der Waals surface area contributed by atoms with Crippen molar-refractivity contribution in [1.29, 1.82) is 0 Å². The first kappa shape index (κ1) is 19.6. The number of amides is 1. The number of anilines is 1. The summed E-state index contributed by atoms with van der Waals surface area (Å²) >= 11 is 0. The van der Waals surface area contributed by atoms with E-state index in [0.717, 1.165) is 37.3 Å². The molecule has 6 rings (SSSR count). The Morgan fingerprint density at radius 2 is 1.94 bits per heavy atom. The van der Waals surface area contributed by atoms with Crippen molar-refractivity contribution < 1.29 is 14.3 Å². The third-order valence-corrected chi connectivity index (χ3v) is 7.15. The van der Waals surface area contributed by atoms with Gasteiger partial charge in [-0.15, -0.1) is 0 Å². The van der Waals surface area contributed by atoms with E-state index in [-0.39, 0.29) is 18.2 Å². The second kappa shape index (κ2) is 7.81. The highest BCUT2D eigenvalue weighted by Crippen LogP contribution is 2.35. The van der Waals surface area contributed by atoms with Crippen LogP contribution >= 0.6 is 0 Å². The van der Waals surface area contributed by atoms with E-state index in [1.165, 1.54) is 18.4 Å². The van der Waals surface area contributed by atoms with Gasteiger partial charge in [0.1, 0.15) is 5.84 Å². The summed E-state index contributed by atoms with van der Waals surface area (Å²) in [5, 5.41) is 7.45. The predicted octanol–water partition coefficient (Wildman–Crippen LogP) is 3.56. The Hall–Kier alpha value is -3.06. The topological polar surface area (TPSA) is 75.2 Å². The van der Waals surface area contributed by atoms with Crippen LogP contribution in [0.2, 0.25) is 0 Å². The molecule has 1 atom stereocenters. The van der Waals surface area contributed by atoms with E-state index in [1.807, 2.05) is 17.0 Å². The van der Waals surface area contributed by atoms with Crippen LogP contribution in [0.15, 0.2) is 47.5 Å². The van der Waals surface area contributed by atoms with Crippen LogP contribution in [0.25, 0.3) is 0 Å². The quantitative estimate of drug-likeness (QED) is 0.759. The molecule has 0 aromatic heterocycles. The number of carbonyl (C=O) groups is 1. The minimum absolute atomic E-state index is 0.0175. The Balaban J connectivity index is 1.29. The molecule has 1 spiro atoms. The molecule has 1 amide bonds. The fourth-order valence-corrected chi connectivity index (χ4v) is 5.30.